The van der Waals surface area contributed by atoms with Crippen molar-refractivity contribution >= 4 is 21.9 Å². The van der Waals surface area contributed by atoms with E-state index in [2.05, 4.69) is 10.0 Å². The Morgan fingerprint density at radius 1 is 1.18 bits per heavy atom. The standard InChI is InChI=1S/C18H26N2O7S/c1-12(17(22)27-11-16(21)19-18(2,3)4)20-28(23,24)13-6-7-14-15(10-13)26-9-5-8-25-14/h6-7,10,12,20H,5,8-9,11H2,1-4H3,(H,19,21)/t12-/m0/s1. The lowest BCUT2D eigenvalue weighted by atomic mass is 10.1. The molecule has 0 spiro atoms. The van der Waals surface area contributed by atoms with Crippen molar-refractivity contribution in [1.29, 1.82) is 0 Å². The molecule has 1 amide bonds. The van der Waals surface area contributed by atoms with Crippen molar-refractivity contribution < 1.29 is 32.2 Å². The van der Waals surface area contributed by atoms with Gasteiger partial charge in [0.25, 0.3) is 5.91 Å². The molecule has 1 atom stereocenters. The number of benzene rings is 1. The summed E-state index contributed by atoms with van der Waals surface area (Å²) in [4.78, 5) is 23.7. The number of hydrogen-bond acceptors (Lipinski definition) is 7. The van der Waals surface area contributed by atoms with Crippen LogP contribution >= 0.6 is 0 Å². The molecule has 2 rings (SSSR count). The molecule has 156 valence electrons. The summed E-state index contributed by atoms with van der Waals surface area (Å²) in [6, 6.07) is 3.04. The molecule has 10 heteroatoms. The van der Waals surface area contributed by atoms with E-state index in [4.69, 9.17) is 14.2 Å². The van der Waals surface area contributed by atoms with Crippen LogP contribution in [0.25, 0.3) is 0 Å². The van der Waals surface area contributed by atoms with Crippen molar-refractivity contribution in [1.82, 2.24) is 10.0 Å². The third kappa shape index (κ3) is 6.38. The molecule has 0 saturated carbocycles. The summed E-state index contributed by atoms with van der Waals surface area (Å²) < 4.78 is 43.2. The van der Waals surface area contributed by atoms with Gasteiger partial charge >= 0.3 is 5.97 Å². The minimum atomic E-state index is -4.00. The smallest absolute Gasteiger partial charge is 0.324 e. The number of rotatable bonds is 6. The maximum absolute atomic E-state index is 12.6. The maximum Gasteiger partial charge on any atom is 0.324 e. The number of esters is 1. The summed E-state index contributed by atoms with van der Waals surface area (Å²) in [7, 11) is -4.00. The quantitative estimate of drug-likeness (QED) is 0.666. The minimum Gasteiger partial charge on any atom is -0.490 e. The number of amides is 1. The van der Waals surface area contributed by atoms with Gasteiger partial charge in [0.05, 0.1) is 18.1 Å². The van der Waals surface area contributed by atoms with Crippen LogP contribution in [-0.2, 0) is 24.3 Å². The zero-order valence-corrected chi connectivity index (χ0v) is 17.2. The van der Waals surface area contributed by atoms with Crippen molar-refractivity contribution in [3.8, 4) is 11.5 Å². The number of ether oxygens (including phenoxy) is 3. The average molecular weight is 414 g/mol. The Labute approximate surface area is 164 Å². The predicted octanol–water partition coefficient (Wildman–Crippen LogP) is 0.973. The van der Waals surface area contributed by atoms with E-state index in [1.165, 1.54) is 25.1 Å². The van der Waals surface area contributed by atoms with Gasteiger partial charge in [-0.1, -0.05) is 0 Å². The van der Waals surface area contributed by atoms with E-state index >= 15 is 0 Å². The zero-order chi connectivity index (χ0) is 20.9. The molecule has 1 heterocycles. The van der Waals surface area contributed by atoms with E-state index < -0.39 is 40.1 Å². The first kappa shape index (κ1) is 22.0. The van der Waals surface area contributed by atoms with E-state index in [1.807, 2.05) is 0 Å². The van der Waals surface area contributed by atoms with Crippen LogP contribution in [0.1, 0.15) is 34.1 Å². The van der Waals surface area contributed by atoms with Gasteiger partial charge in [-0.05, 0) is 39.8 Å². The van der Waals surface area contributed by atoms with E-state index in [9.17, 15) is 18.0 Å². The summed E-state index contributed by atoms with van der Waals surface area (Å²) >= 11 is 0. The highest BCUT2D eigenvalue weighted by molar-refractivity contribution is 7.89. The Morgan fingerprint density at radius 3 is 2.46 bits per heavy atom. The number of carbonyl (C=O) groups is 2. The van der Waals surface area contributed by atoms with Gasteiger partial charge in [-0.25, -0.2) is 8.42 Å². The number of fused-ring (bicyclic) bond motifs is 1. The predicted molar refractivity (Wildman–Crippen MR) is 101 cm³/mol. The highest BCUT2D eigenvalue weighted by atomic mass is 32.2. The largest absolute Gasteiger partial charge is 0.490 e. The molecule has 1 aliphatic heterocycles. The van der Waals surface area contributed by atoms with E-state index in [0.717, 1.165) is 0 Å². The van der Waals surface area contributed by atoms with Crippen molar-refractivity contribution in [3.63, 3.8) is 0 Å². The molecule has 1 aromatic rings. The van der Waals surface area contributed by atoms with Crippen LogP contribution < -0.4 is 19.5 Å². The van der Waals surface area contributed by atoms with Gasteiger partial charge in [-0.15, -0.1) is 0 Å². The van der Waals surface area contributed by atoms with Crippen molar-refractivity contribution in [2.45, 2.75) is 50.6 Å². The summed E-state index contributed by atoms with van der Waals surface area (Å²) in [5, 5.41) is 2.64. The fourth-order valence-electron chi connectivity index (χ4n) is 2.38. The lowest BCUT2D eigenvalue weighted by Gasteiger charge is -2.20. The van der Waals surface area contributed by atoms with Gasteiger partial charge in [0.1, 0.15) is 6.04 Å². The summed E-state index contributed by atoms with van der Waals surface area (Å²) in [5.74, 6) is -0.538. The molecule has 0 aliphatic carbocycles. The van der Waals surface area contributed by atoms with Gasteiger partial charge in [-0.3, -0.25) is 9.59 Å². The molecule has 1 aromatic carbocycles. The van der Waals surface area contributed by atoms with Gasteiger partial charge in [0, 0.05) is 18.0 Å². The Balaban J connectivity index is 1.98. The molecule has 28 heavy (non-hydrogen) atoms. The minimum absolute atomic E-state index is 0.0677. The Kier molecular flexibility index (Phi) is 6.89. The normalized spacial score (nSPS) is 15.3. The third-order valence-corrected chi connectivity index (χ3v) is 5.11. The Hall–Kier alpha value is -2.33. The molecule has 0 saturated heterocycles. The monoisotopic (exact) mass is 414 g/mol. The first-order valence-corrected chi connectivity index (χ1v) is 10.4. The van der Waals surface area contributed by atoms with Crippen LogP contribution in [0.15, 0.2) is 23.1 Å². The van der Waals surface area contributed by atoms with E-state index in [0.29, 0.717) is 31.1 Å². The van der Waals surface area contributed by atoms with Crippen molar-refractivity contribution in [3.05, 3.63) is 18.2 Å². The Bertz CT molecular complexity index is 831. The molecule has 0 bridgehead atoms. The first-order valence-electron chi connectivity index (χ1n) is 8.87. The van der Waals surface area contributed by atoms with Crippen LogP contribution in [-0.4, -0.2) is 51.7 Å². The number of carbonyl (C=O) groups excluding carboxylic acids is 2. The molecular weight excluding hydrogens is 388 g/mol. The zero-order valence-electron chi connectivity index (χ0n) is 16.4. The van der Waals surface area contributed by atoms with Crippen LogP contribution in [0.3, 0.4) is 0 Å². The third-order valence-electron chi connectivity index (χ3n) is 3.57. The number of sulfonamides is 1. The topological polar surface area (TPSA) is 120 Å². The van der Waals surface area contributed by atoms with Gasteiger partial charge in [0.2, 0.25) is 10.0 Å². The Morgan fingerprint density at radius 2 is 1.82 bits per heavy atom. The first-order chi connectivity index (χ1) is 13.0. The fraction of sp³-hybridized carbons (Fsp3) is 0.556. The average Bonchev–Trinajstić information content (AvgIpc) is 2.82. The SMILES string of the molecule is C[C@H](NS(=O)(=O)c1ccc2c(c1)OCCCO2)C(=O)OCC(=O)NC(C)(C)C. The highest BCUT2D eigenvalue weighted by Gasteiger charge is 2.25. The summed E-state index contributed by atoms with van der Waals surface area (Å²) in [6.45, 7) is 7.12. The van der Waals surface area contributed by atoms with Gasteiger partial charge in [0.15, 0.2) is 18.1 Å². The molecular formula is C18H26N2O7S. The maximum atomic E-state index is 12.6. The van der Waals surface area contributed by atoms with Gasteiger partial charge in [-0.2, -0.15) is 4.72 Å². The van der Waals surface area contributed by atoms with Crippen molar-refractivity contribution in [2.75, 3.05) is 19.8 Å². The number of hydrogen-bond donors (Lipinski definition) is 2. The van der Waals surface area contributed by atoms with E-state index in [-0.39, 0.29) is 4.90 Å². The van der Waals surface area contributed by atoms with Crippen LogP contribution in [0.4, 0.5) is 0 Å². The molecule has 0 aromatic heterocycles. The molecule has 1 aliphatic rings. The summed E-state index contributed by atoms with van der Waals surface area (Å²) in [5.41, 5.74) is -0.464. The van der Waals surface area contributed by atoms with Crippen LogP contribution in [0.5, 0.6) is 11.5 Å². The highest BCUT2D eigenvalue weighted by Crippen LogP contribution is 2.31. The van der Waals surface area contributed by atoms with E-state index in [1.54, 1.807) is 20.8 Å². The van der Waals surface area contributed by atoms with Crippen molar-refractivity contribution in [2.24, 2.45) is 0 Å². The molecule has 2 N–H and O–H groups in total. The fourth-order valence-corrected chi connectivity index (χ4v) is 3.58. The second kappa shape index (κ2) is 8.78. The number of nitrogens with one attached hydrogen (secondary N) is 2. The second-order valence-electron chi connectivity index (χ2n) is 7.41. The summed E-state index contributed by atoms with van der Waals surface area (Å²) in [6.07, 6.45) is 0.695. The van der Waals surface area contributed by atoms with Crippen LogP contribution in [0.2, 0.25) is 0 Å². The van der Waals surface area contributed by atoms with Gasteiger partial charge < -0.3 is 19.5 Å². The lowest BCUT2D eigenvalue weighted by Crippen LogP contribution is -2.44. The van der Waals surface area contributed by atoms with Crippen LogP contribution in [0, 0.1) is 0 Å². The lowest BCUT2D eigenvalue weighted by molar-refractivity contribution is -0.150. The molecule has 0 fully saturated rings. The molecule has 0 unspecified atom stereocenters. The molecule has 9 nitrogen and oxygen atoms in total. The molecule has 0 radical (unpaired) electrons. The second-order valence-corrected chi connectivity index (χ2v) is 9.12.